The first-order chi connectivity index (χ1) is 4.11. The Labute approximate surface area is 56.6 Å². The van der Waals surface area contributed by atoms with Crippen LogP contribution in [0.25, 0.3) is 0 Å². The SMILES string of the molecule is C[S@](=N)(=O)C1CCCC1. The lowest BCUT2D eigenvalue weighted by molar-refractivity contribution is 0.664. The third-order valence-corrected chi connectivity index (χ3v) is 3.68. The molecule has 1 fully saturated rings. The average Bonchev–Trinajstić information content (AvgIpc) is 2.08. The molecule has 1 saturated carbocycles. The highest BCUT2D eigenvalue weighted by Crippen LogP contribution is 2.23. The second kappa shape index (κ2) is 2.29. The standard InChI is InChI=1S/C6H13NOS/c1-9(7,8)6-4-2-3-5-6/h6-7H,2-5H2,1H3/t9-/m0/s1. The minimum atomic E-state index is -2.20. The normalized spacial score (nSPS) is 28.1. The van der Waals surface area contributed by atoms with Crippen molar-refractivity contribution in [1.29, 1.82) is 4.78 Å². The molecule has 2 nitrogen and oxygen atoms in total. The van der Waals surface area contributed by atoms with Crippen LogP contribution in [0.2, 0.25) is 0 Å². The van der Waals surface area contributed by atoms with Gasteiger partial charge in [0.25, 0.3) is 0 Å². The van der Waals surface area contributed by atoms with Crippen molar-refractivity contribution < 1.29 is 4.21 Å². The molecule has 9 heavy (non-hydrogen) atoms. The van der Waals surface area contributed by atoms with Crippen molar-refractivity contribution in [2.45, 2.75) is 30.9 Å². The van der Waals surface area contributed by atoms with Gasteiger partial charge in [0.2, 0.25) is 0 Å². The van der Waals surface area contributed by atoms with E-state index in [2.05, 4.69) is 0 Å². The van der Waals surface area contributed by atoms with Gasteiger partial charge < -0.3 is 0 Å². The minimum Gasteiger partial charge on any atom is -0.253 e. The van der Waals surface area contributed by atoms with Crippen molar-refractivity contribution in [3.05, 3.63) is 0 Å². The van der Waals surface area contributed by atoms with Crippen molar-refractivity contribution in [2.75, 3.05) is 6.26 Å². The topological polar surface area (TPSA) is 40.9 Å². The zero-order valence-electron chi connectivity index (χ0n) is 5.72. The lowest BCUT2D eigenvalue weighted by atomic mass is 10.4. The summed E-state index contributed by atoms with van der Waals surface area (Å²) < 4.78 is 18.3. The van der Waals surface area contributed by atoms with Gasteiger partial charge in [0, 0.05) is 21.2 Å². The second-order valence-electron chi connectivity index (χ2n) is 2.81. The largest absolute Gasteiger partial charge is 0.253 e. The Morgan fingerprint density at radius 3 is 2.11 bits per heavy atom. The Bertz CT molecular complexity index is 177. The zero-order valence-corrected chi connectivity index (χ0v) is 6.54. The summed E-state index contributed by atoms with van der Waals surface area (Å²) >= 11 is 0. The maximum Gasteiger partial charge on any atom is 0.0441 e. The van der Waals surface area contributed by atoms with Crippen molar-refractivity contribution in [1.82, 2.24) is 0 Å². The van der Waals surface area contributed by atoms with E-state index in [-0.39, 0.29) is 5.25 Å². The van der Waals surface area contributed by atoms with Gasteiger partial charge in [-0.2, -0.15) is 0 Å². The highest BCUT2D eigenvalue weighted by atomic mass is 32.2. The van der Waals surface area contributed by atoms with E-state index in [1.165, 1.54) is 12.8 Å². The van der Waals surface area contributed by atoms with E-state index in [4.69, 9.17) is 4.78 Å². The Morgan fingerprint density at radius 1 is 1.44 bits per heavy atom. The van der Waals surface area contributed by atoms with Crippen molar-refractivity contribution in [3.8, 4) is 0 Å². The molecule has 0 aliphatic heterocycles. The zero-order chi connectivity index (χ0) is 6.91. The molecular weight excluding hydrogens is 134 g/mol. The van der Waals surface area contributed by atoms with Gasteiger partial charge in [-0.25, -0.2) is 4.21 Å². The van der Waals surface area contributed by atoms with Crippen LogP contribution in [0.5, 0.6) is 0 Å². The maximum atomic E-state index is 11.1. The van der Waals surface area contributed by atoms with Crippen LogP contribution in [0.4, 0.5) is 0 Å². The maximum absolute atomic E-state index is 11.1. The van der Waals surface area contributed by atoms with Crippen LogP contribution >= 0.6 is 0 Å². The van der Waals surface area contributed by atoms with E-state index in [9.17, 15) is 4.21 Å². The van der Waals surface area contributed by atoms with Gasteiger partial charge in [-0.05, 0) is 12.8 Å². The predicted molar refractivity (Wildman–Crippen MR) is 39.0 cm³/mol. The number of hydrogen-bond acceptors (Lipinski definition) is 2. The molecule has 0 radical (unpaired) electrons. The second-order valence-corrected chi connectivity index (χ2v) is 5.28. The molecule has 1 atom stereocenters. The summed E-state index contributed by atoms with van der Waals surface area (Å²) in [5.41, 5.74) is 0. The van der Waals surface area contributed by atoms with E-state index < -0.39 is 9.73 Å². The van der Waals surface area contributed by atoms with Crippen LogP contribution in [0.3, 0.4) is 0 Å². The molecule has 1 rings (SSSR count). The highest BCUT2D eigenvalue weighted by molar-refractivity contribution is 7.92. The van der Waals surface area contributed by atoms with Gasteiger partial charge in [0.1, 0.15) is 0 Å². The average molecular weight is 147 g/mol. The molecule has 0 heterocycles. The Morgan fingerprint density at radius 2 is 1.89 bits per heavy atom. The fourth-order valence-corrected chi connectivity index (χ4v) is 2.57. The van der Waals surface area contributed by atoms with Gasteiger partial charge in [-0.3, -0.25) is 4.78 Å². The summed E-state index contributed by atoms with van der Waals surface area (Å²) in [6.45, 7) is 0. The van der Waals surface area contributed by atoms with Crippen LogP contribution in [0.15, 0.2) is 0 Å². The molecular formula is C6H13NOS. The van der Waals surface area contributed by atoms with E-state index in [0.29, 0.717) is 0 Å². The molecule has 1 N–H and O–H groups in total. The molecule has 0 saturated heterocycles. The van der Waals surface area contributed by atoms with E-state index >= 15 is 0 Å². The van der Waals surface area contributed by atoms with Crippen molar-refractivity contribution in [2.24, 2.45) is 0 Å². The Balaban J connectivity index is 2.63. The molecule has 0 bridgehead atoms. The van der Waals surface area contributed by atoms with Crippen molar-refractivity contribution >= 4 is 9.73 Å². The fraction of sp³-hybridized carbons (Fsp3) is 1.00. The van der Waals surface area contributed by atoms with Gasteiger partial charge in [-0.1, -0.05) is 12.8 Å². The Hall–Kier alpha value is -0.0500. The van der Waals surface area contributed by atoms with Gasteiger partial charge in [0.15, 0.2) is 0 Å². The first-order valence-corrected chi connectivity index (χ1v) is 5.36. The number of rotatable bonds is 1. The van der Waals surface area contributed by atoms with E-state index in [1.807, 2.05) is 0 Å². The molecule has 1 aliphatic rings. The van der Waals surface area contributed by atoms with Crippen LogP contribution in [-0.4, -0.2) is 15.7 Å². The predicted octanol–water partition coefficient (Wildman–Crippen LogP) is 1.61. The lowest BCUT2D eigenvalue weighted by Crippen LogP contribution is -2.13. The van der Waals surface area contributed by atoms with Gasteiger partial charge >= 0.3 is 0 Å². The van der Waals surface area contributed by atoms with Crippen LogP contribution < -0.4 is 0 Å². The smallest absolute Gasteiger partial charge is 0.0441 e. The first-order valence-electron chi connectivity index (χ1n) is 3.33. The van der Waals surface area contributed by atoms with Crippen LogP contribution in [0, 0.1) is 4.78 Å². The number of nitrogens with one attached hydrogen (secondary N) is 1. The third-order valence-electron chi connectivity index (χ3n) is 1.94. The summed E-state index contributed by atoms with van der Waals surface area (Å²) in [6.07, 6.45) is 5.93. The van der Waals surface area contributed by atoms with E-state index in [1.54, 1.807) is 6.26 Å². The molecule has 1 aliphatic carbocycles. The molecule has 0 unspecified atom stereocenters. The third kappa shape index (κ3) is 1.68. The highest BCUT2D eigenvalue weighted by Gasteiger charge is 2.21. The summed E-state index contributed by atoms with van der Waals surface area (Å²) in [4.78, 5) is 0. The molecule has 0 amide bonds. The Kier molecular flexibility index (Phi) is 1.80. The monoisotopic (exact) mass is 147 g/mol. The summed E-state index contributed by atoms with van der Waals surface area (Å²) in [7, 11) is -2.20. The van der Waals surface area contributed by atoms with Crippen molar-refractivity contribution in [3.63, 3.8) is 0 Å². The summed E-state index contributed by atoms with van der Waals surface area (Å²) in [6, 6.07) is 0. The van der Waals surface area contributed by atoms with Crippen LogP contribution in [-0.2, 0) is 9.73 Å². The van der Waals surface area contributed by atoms with Gasteiger partial charge in [0.05, 0.1) is 0 Å². The molecule has 54 valence electrons. The number of hydrogen-bond donors (Lipinski definition) is 1. The molecule has 0 aromatic heterocycles. The summed E-state index contributed by atoms with van der Waals surface area (Å²) in [5.74, 6) is 0. The fourth-order valence-electron chi connectivity index (χ4n) is 1.34. The first kappa shape index (κ1) is 7.06. The van der Waals surface area contributed by atoms with E-state index in [0.717, 1.165) is 12.8 Å². The molecule has 3 heteroatoms. The molecule has 0 aromatic rings. The van der Waals surface area contributed by atoms with Crippen LogP contribution in [0.1, 0.15) is 25.7 Å². The molecule has 0 spiro atoms. The quantitative estimate of drug-likeness (QED) is 0.601. The molecule has 0 aromatic carbocycles. The minimum absolute atomic E-state index is 0.206. The lowest BCUT2D eigenvalue weighted by Gasteiger charge is -2.06. The summed E-state index contributed by atoms with van der Waals surface area (Å²) in [5, 5.41) is 0.206. The van der Waals surface area contributed by atoms with Gasteiger partial charge in [-0.15, -0.1) is 0 Å².